The highest BCUT2D eigenvalue weighted by Crippen LogP contribution is 2.12. The van der Waals surface area contributed by atoms with Crippen molar-refractivity contribution in [3.8, 4) is 0 Å². The van der Waals surface area contributed by atoms with Crippen LogP contribution in [-0.2, 0) is 0 Å². The first-order valence-electron chi connectivity index (χ1n) is 4.69. The molecule has 0 aliphatic heterocycles. The third-order valence-electron chi connectivity index (χ3n) is 1.41. The maximum Gasteiger partial charge on any atom is 0.228 e. The molecular formula is C10H16N4S. The van der Waals surface area contributed by atoms with Gasteiger partial charge in [0.1, 0.15) is 0 Å². The molecule has 82 valence electrons. The van der Waals surface area contributed by atoms with Crippen LogP contribution in [0.15, 0.2) is 23.5 Å². The lowest BCUT2D eigenvalue weighted by Crippen LogP contribution is -2.18. The van der Waals surface area contributed by atoms with Crippen molar-refractivity contribution >= 4 is 22.9 Å². The molecule has 0 radical (unpaired) electrons. The van der Waals surface area contributed by atoms with Gasteiger partial charge in [0, 0.05) is 12.4 Å². The van der Waals surface area contributed by atoms with Crippen molar-refractivity contribution in [2.75, 3.05) is 11.6 Å². The van der Waals surface area contributed by atoms with Gasteiger partial charge in [-0.3, -0.25) is 4.99 Å². The lowest BCUT2D eigenvalue weighted by Gasteiger charge is -2.15. The lowest BCUT2D eigenvalue weighted by atomic mass is 10.1. The molecule has 0 amide bonds. The van der Waals surface area contributed by atoms with Crippen LogP contribution in [-0.4, -0.2) is 26.9 Å². The maximum absolute atomic E-state index is 4.51. The Morgan fingerprint density at radius 3 is 2.40 bits per heavy atom. The number of rotatable bonds is 1. The van der Waals surface area contributed by atoms with E-state index in [0.717, 1.165) is 5.17 Å². The maximum atomic E-state index is 4.51. The van der Waals surface area contributed by atoms with Gasteiger partial charge in [-0.05, 0) is 33.1 Å². The molecule has 4 nitrogen and oxygen atoms in total. The first-order valence-corrected chi connectivity index (χ1v) is 5.91. The Labute approximate surface area is 94.6 Å². The van der Waals surface area contributed by atoms with E-state index in [1.807, 2.05) is 6.26 Å². The molecule has 0 aliphatic carbocycles. The molecule has 0 spiro atoms. The average molecular weight is 224 g/mol. The number of nitrogens with zero attached hydrogens (tertiary/aromatic N) is 3. The molecule has 0 atom stereocenters. The van der Waals surface area contributed by atoms with Gasteiger partial charge in [-0.25, -0.2) is 9.97 Å². The fourth-order valence-corrected chi connectivity index (χ4v) is 1.45. The van der Waals surface area contributed by atoms with Crippen molar-refractivity contribution in [3.05, 3.63) is 18.5 Å². The third kappa shape index (κ3) is 4.78. The van der Waals surface area contributed by atoms with E-state index in [0.29, 0.717) is 5.95 Å². The van der Waals surface area contributed by atoms with Crippen molar-refractivity contribution in [2.45, 2.75) is 26.3 Å². The number of hydrogen-bond donors (Lipinski definition) is 1. The highest BCUT2D eigenvalue weighted by Gasteiger charge is 2.10. The number of amidine groups is 1. The van der Waals surface area contributed by atoms with E-state index in [2.05, 4.69) is 41.0 Å². The molecule has 0 saturated carbocycles. The minimum absolute atomic E-state index is 0.0971. The molecule has 0 bridgehead atoms. The summed E-state index contributed by atoms with van der Waals surface area (Å²) in [6.45, 7) is 6.16. The Hall–Kier alpha value is -1.10. The van der Waals surface area contributed by atoms with Gasteiger partial charge in [0.25, 0.3) is 0 Å². The van der Waals surface area contributed by atoms with E-state index >= 15 is 0 Å². The van der Waals surface area contributed by atoms with Crippen molar-refractivity contribution in [3.63, 3.8) is 0 Å². The van der Waals surface area contributed by atoms with Gasteiger partial charge in [0.15, 0.2) is 5.17 Å². The monoisotopic (exact) mass is 224 g/mol. The SMILES string of the molecule is CSC(=NC(C)(C)C)Nc1ncccn1. The minimum Gasteiger partial charge on any atom is -0.304 e. The summed E-state index contributed by atoms with van der Waals surface area (Å²) in [5.41, 5.74) is -0.0971. The fourth-order valence-electron chi connectivity index (χ4n) is 0.889. The van der Waals surface area contributed by atoms with Gasteiger partial charge >= 0.3 is 0 Å². The van der Waals surface area contributed by atoms with Crippen LogP contribution >= 0.6 is 11.8 Å². The number of aromatic nitrogens is 2. The van der Waals surface area contributed by atoms with Crippen LogP contribution in [0.1, 0.15) is 20.8 Å². The largest absolute Gasteiger partial charge is 0.304 e. The first kappa shape index (κ1) is 12.0. The summed E-state index contributed by atoms with van der Waals surface area (Å²) in [6.07, 6.45) is 5.37. The summed E-state index contributed by atoms with van der Waals surface area (Å²) in [4.78, 5) is 12.7. The number of nitrogens with one attached hydrogen (secondary N) is 1. The summed E-state index contributed by atoms with van der Waals surface area (Å²) in [5.74, 6) is 0.579. The number of aliphatic imine (C=N–C) groups is 1. The molecular weight excluding hydrogens is 208 g/mol. The van der Waals surface area contributed by atoms with Crippen LogP contribution in [0.2, 0.25) is 0 Å². The van der Waals surface area contributed by atoms with E-state index in [9.17, 15) is 0 Å². The van der Waals surface area contributed by atoms with Crippen LogP contribution in [0.4, 0.5) is 5.95 Å². The van der Waals surface area contributed by atoms with Gasteiger partial charge in [-0.15, -0.1) is 0 Å². The summed E-state index contributed by atoms with van der Waals surface area (Å²) in [5, 5.41) is 3.90. The quantitative estimate of drug-likeness (QED) is 0.588. The van der Waals surface area contributed by atoms with E-state index in [1.165, 1.54) is 0 Å². The molecule has 0 saturated heterocycles. The smallest absolute Gasteiger partial charge is 0.228 e. The van der Waals surface area contributed by atoms with Crippen LogP contribution in [0.3, 0.4) is 0 Å². The van der Waals surface area contributed by atoms with Gasteiger partial charge in [-0.1, -0.05) is 11.8 Å². The minimum atomic E-state index is -0.0971. The molecule has 0 unspecified atom stereocenters. The topological polar surface area (TPSA) is 50.2 Å². The molecule has 0 aliphatic rings. The Balaban J connectivity index is 2.75. The highest BCUT2D eigenvalue weighted by atomic mass is 32.2. The second kappa shape index (κ2) is 5.11. The molecule has 5 heteroatoms. The van der Waals surface area contributed by atoms with Crippen molar-refractivity contribution < 1.29 is 0 Å². The first-order chi connectivity index (χ1) is 7.01. The van der Waals surface area contributed by atoms with Crippen molar-refractivity contribution in [1.82, 2.24) is 9.97 Å². The van der Waals surface area contributed by atoms with Crippen LogP contribution in [0, 0.1) is 0 Å². The second-order valence-corrected chi connectivity index (χ2v) is 4.78. The standard InChI is InChI=1S/C10H16N4S/c1-10(2,3)14-9(15-4)13-8-11-6-5-7-12-8/h5-7H,1-4H3,(H,11,12,13,14). The van der Waals surface area contributed by atoms with Crippen LogP contribution in [0.5, 0.6) is 0 Å². The Kier molecular flexibility index (Phi) is 4.08. The number of hydrogen-bond acceptors (Lipinski definition) is 4. The molecule has 1 N–H and O–H groups in total. The van der Waals surface area contributed by atoms with E-state index in [4.69, 9.17) is 0 Å². The summed E-state index contributed by atoms with van der Waals surface area (Å²) >= 11 is 1.55. The summed E-state index contributed by atoms with van der Waals surface area (Å²) < 4.78 is 0. The molecule has 1 aromatic rings. The lowest BCUT2D eigenvalue weighted by molar-refractivity contribution is 0.585. The predicted octanol–water partition coefficient (Wildman–Crippen LogP) is 2.41. The zero-order chi connectivity index (χ0) is 11.3. The number of thioether (sulfide) groups is 1. The van der Waals surface area contributed by atoms with Crippen LogP contribution < -0.4 is 5.32 Å². The van der Waals surface area contributed by atoms with Crippen LogP contribution in [0.25, 0.3) is 0 Å². The molecule has 1 aromatic heterocycles. The Morgan fingerprint density at radius 1 is 1.33 bits per heavy atom. The van der Waals surface area contributed by atoms with Gasteiger partial charge < -0.3 is 5.32 Å². The summed E-state index contributed by atoms with van der Waals surface area (Å²) in [6, 6.07) is 1.78. The normalized spacial score (nSPS) is 12.7. The molecule has 1 rings (SSSR count). The Morgan fingerprint density at radius 2 is 1.93 bits per heavy atom. The number of anilines is 1. The van der Waals surface area contributed by atoms with E-state index in [1.54, 1.807) is 30.2 Å². The van der Waals surface area contributed by atoms with Gasteiger partial charge in [0.2, 0.25) is 5.95 Å². The molecule has 0 aromatic carbocycles. The van der Waals surface area contributed by atoms with E-state index < -0.39 is 0 Å². The zero-order valence-electron chi connectivity index (χ0n) is 9.48. The van der Waals surface area contributed by atoms with Crippen molar-refractivity contribution in [1.29, 1.82) is 0 Å². The Bertz CT molecular complexity index is 329. The summed E-state index contributed by atoms with van der Waals surface area (Å²) in [7, 11) is 0. The van der Waals surface area contributed by atoms with Gasteiger partial charge in [0.05, 0.1) is 5.54 Å². The highest BCUT2D eigenvalue weighted by molar-refractivity contribution is 8.13. The van der Waals surface area contributed by atoms with Gasteiger partial charge in [-0.2, -0.15) is 0 Å². The zero-order valence-corrected chi connectivity index (χ0v) is 10.3. The third-order valence-corrected chi connectivity index (χ3v) is 1.99. The average Bonchev–Trinajstić information content (AvgIpc) is 2.16. The molecule has 15 heavy (non-hydrogen) atoms. The fraction of sp³-hybridized carbons (Fsp3) is 0.500. The predicted molar refractivity (Wildman–Crippen MR) is 66.4 cm³/mol. The molecule has 0 fully saturated rings. The molecule has 1 heterocycles. The van der Waals surface area contributed by atoms with Crippen molar-refractivity contribution in [2.24, 2.45) is 4.99 Å². The second-order valence-electron chi connectivity index (χ2n) is 3.99. The van der Waals surface area contributed by atoms with E-state index in [-0.39, 0.29) is 5.54 Å².